The van der Waals surface area contributed by atoms with E-state index in [0.717, 1.165) is 6.42 Å². The molecule has 0 amide bonds. The van der Waals surface area contributed by atoms with E-state index in [1.54, 1.807) is 24.2 Å². The summed E-state index contributed by atoms with van der Waals surface area (Å²) in [5, 5.41) is 5.39. The van der Waals surface area contributed by atoms with Crippen molar-refractivity contribution in [3.05, 3.63) is 77.9 Å². The molecule has 0 aromatic heterocycles. The van der Waals surface area contributed by atoms with Crippen molar-refractivity contribution in [2.45, 2.75) is 48.0 Å². The molecular formula is C26H30Cl2Zr-2. The van der Waals surface area contributed by atoms with Crippen molar-refractivity contribution in [3.8, 4) is 0 Å². The van der Waals surface area contributed by atoms with Gasteiger partial charge in [0.15, 0.2) is 0 Å². The molecule has 0 unspecified atom stereocenters. The second-order valence-electron chi connectivity index (χ2n) is 8.19. The minimum Gasteiger partial charge on any atom is -1.00 e. The Hall–Kier alpha value is -0.877. The van der Waals surface area contributed by atoms with Gasteiger partial charge in [-0.2, -0.15) is 11.6 Å². The van der Waals surface area contributed by atoms with E-state index in [1.165, 1.54) is 35.9 Å². The predicted octanol–water partition coefficient (Wildman–Crippen LogP) is 1.58. The molecule has 1 aliphatic rings. The maximum atomic E-state index is 3.30. The Morgan fingerprint density at radius 1 is 0.897 bits per heavy atom. The van der Waals surface area contributed by atoms with Crippen molar-refractivity contribution in [3.63, 3.8) is 0 Å². The third-order valence-corrected chi connectivity index (χ3v) is 4.41. The van der Waals surface area contributed by atoms with Gasteiger partial charge in [-0.1, -0.05) is 69.5 Å². The van der Waals surface area contributed by atoms with Crippen LogP contribution in [0.4, 0.5) is 0 Å². The van der Waals surface area contributed by atoms with Crippen LogP contribution in [0.5, 0.6) is 0 Å². The molecule has 0 fully saturated rings. The van der Waals surface area contributed by atoms with Crippen LogP contribution >= 0.6 is 0 Å². The average Bonchev–Trinajstić information content (AvgIpc) is 3.18. The van der Waals surface area contributed by atoms with Crippen molar-refractivity contribution in [2.75, 3.05) is 0 Å². The predicted molar refractivity (Wildman–Crippen MR) is 118 cm³/mol. The molecule has 0 nitrogen and oxygen atoms in total. The van der Waals surface area contributed by atoms with Crippen molar-refractivity contribution in [1.29, 1.82) is 0 Å². The average molecular weight is 505 g/mol. The van der Waals surface area contributed by atoms with Gasteiger partial charge < -0.3 is 24.8 Å². The minimum absolute atomic E-state index is 0. The van der Waals surface area contributed by atoms with E-state index in [-0.39, 0.29) is 24.8 Å². The minimum atomic E-state index is 0. The Morgan fingerprint density at radius 3 is 1.62 bits per heavy atom. The molecule has 3 aromatic carbocycles. The summed E-state index contributed by atoms with van der Waals surface area (Å²) in [6.07, 6.45) is 6.59. The number of rotatable bonds is 0. The number of benzene rings is 2. The van der Waals surface area contributed by atoms with E-state index >= 15 is 0 Å². The Labute approximate surface area is 204 Å². The number of allylic oxidation sites excluding steroid dienone is 4. The SMILES string of the molecule is CC1=[C-]CC=C1C(C)(C)C.C[C](C)=[Zr+2].[Cl-].[Cl-].c1ccc2c(c1)[cH-]c1ccccc12. The number of halogens is 2. The maximum absolute atomic E-state index is 3.30. The first kappa shape index (κ1) is 28.1. The molecule has 0 radical (unpaired) electrons. The normalized spacial score (nSPS) is 12.4. The van der Waals surface area contributed by atoms with Crippen LogP contribution in [0.25, 0.3) is 21.5 Å². The molecule has 0 spiro atoms. The Morgan fingerprint density at radius 2 is 1.31 bits per heavy atom. The van der Waals surface area contributed by atoms with Gasteiger partial charge in [-0.3, -0.25) is 6.08 Å². The third kappa shape index (κ3) is 8.41. The molecule has 0 bridgehead atoms. The Kier molecular flexibility index (Phi) is 12.4. The van der Waals surface area contributed by atoms with Crippen molar-refractivity contribution in [2.24, 2.45) is 5.41 Å². The number of hydrogen-bond acceptors (Lipinski definition) is 0. The van der Waals surface area contributed by atoms with E-state index in [4.69, 9.17) is 0 Å². The van der Waals surface area contributed by atoms with Crippen LogP contribution < -0.4 is 24.8 Å². The van der Waals surface area contributed by atoms with E-state index in [2.05, 4.69) is 108 Å². The molecular weight excluding hydrogens is 474 g/mol. The largest absolute Gasteiger partial charge is 1.00 e. The molecule has 154 valence electrons. The summed E-state index contributed by atoms with van der Waals surface area (Å²) in [7, 11) is 0. The molecule has 29 heavy (non-hydrogen) atoms. The van der Waals surface area contributed by atoms with Gasteiger partial charge in [-0.15, -0.1) is 46.2 Å². The molecule has 4 rings (SSSR count). The Balaban J connectivity index is 0.000000443. The van der Waals surface area contributed by atoms with Gasteiger partial charge in [-0.05, 0) is 0 Å². The first-order valence-electron chi connectivity index (χ1n) is 9.53. The van der Waals surface area contributed by atoms with Crippen LogP contribution in [0.3, 0.4) is 0 Å². The smallest absolute Gasteiger partial charge is 0.0771 e. The molecule has 0 saturated heterocycles. The molecule has 1 aliphatic carbocycles. The second kappa shape index (κ2) is 12.7. The fourth-order valence-corrected chi connectivity index (χ4v) is 3.33. The van der Waals surface area contributed by atoms with E-state index in [9.17, 15) is 0 Å². The van der Waals surface area contributed by atoms with Gasteiger partial charge in [0.2, 0.25) is 0 Å². The molecule has 0 saturated carbocycles. The van der Waals surface area contributed by atoms with Crippen molar-refractivity contribution >= 4 is 24.8 Å². The summed E-state index contributed by atoms with van der Waals surface area (Å²) in [6, 6.07) is 19.3. The Bertz CT molecular complexity index is 930. The van der Waals surface area contributed by atoms with Crippen LogP contribution in [0.2, 0.25) is 0 Å². The fraction of sp³-hybridized carbons (Fsp3) is 0.308. The fourth-order valence-electron chi connectivity index (χ4n) is 3.33. The monoisotopic (exact) mass is 502 g/mol. The van der Waals surface area contributed by atoms with Gasteiger partial charge in [0, 0.05) is 0 Å². The number of fused-ring (bicyclic) bond motifs is 3. The van der Waals surface area contributed by atoms with E-state index in [0.29, 0.717) is 5.41 Å². The van der Waals surface area contributed by atoms with Gasteiger partial charge in [-0.25, -0.2) is 5.57 Å². The molecule has 3 aromatic rings. The number of hydrogen-bond donors (Lipinski definition) is 0. The van der Waals surface area contributed by atoms with Crippen LogP contribution in [-0.4, -0.2) is 3.21 Å². The summed E-state index contributed by atoms with van der Waals surface area (Å²) in [5.41, 5.74) is 3.12. The van der Waals surface area contributed by atoms with Crippen molar-refractivity contribution in [1.82, 2.24) is 0 Å². The summed E-state index contributed by atoms with van der Waals surface area (Å²) in [6.45, 7) is 13.1. The van der Waals surface area contributed by atoms with Crippen LogP contribution in [0.15, 0.2) is 71.8 Å². The van der Waals surface area contributed by atoms with Gasteiger partial charge in [0.1, 0.15) is 0 Å². The topological polar surface area (TPSA) is 0 Å². The van der Waals surface area contributed by atoms with Gasteiger partial charge >= 0.3 is 41.3 Å². The molecule has 0 heterocycles. The summed E-state index contributed by atoms with van der Waals surface area (Å²) >= 11 is 1.55. The van der Waals surface area contributed by atoms with Crippen molar-refractivity contribution < 1.29 is 49.0 Å². The van der Waals surface area contributed by atoms with E-state index < -0.39 is 0 Å². The molecule has 0 aliphatic heterocycles. The van der Waals surface area contributed by atoms with Gasteiger partial charge in [0.05, 0.1) is 0 Å². The summed E-state index contributed by atoms with van der Waals surface area (Å²) < 4.78 is 1.51. The summed E-state index contributed by atoms with van der Waals surface area (Å²) in [5.74, 6) is 0. The first-order chi connectivity index (χ1) is 12.7. The standard InChI is InChI=1S/C13H9.C10H15.C3H6.2ClH.Zr/c1-3-7-12-10(5-1)9-11-6-2-4-8-13(11)12;1-8-6-5-7-9(8)10(2,3)4;1-3-2;;;/h1-9H;7H,5H2,1-4H3;1-2H3;2*1H;/q2*-1;;;;+2/p-2. The maximum Gasteiger partial charge on any atom is -0.0771 e. The van der Waals surface area contributed by atoms with Crippen LogP contribution in [0, 0.1) is 11.5 Å². The quantitative estimate of drug-likeness (QED) is 0.408. The van der Waals surface area contributed by atoms with Crippen LogP contribution in [0.1, 0.15) is 48.0 Å². The zero-order valence-corrected chi connectivity index (χ0v) is 22.2. The zero-order chi connectivity index (χ0) is 20.0. The zero-order valence-electron chi connectivity index (χ0n) is 18.2. The molecule has 0 N–H and O–H groups in total. The first-order valence-corrected chi connectivity index (χ1v) is 10.8. The third-order valence-electron chi connectivity index (χ3n) is 4.41. The molecule has 3 heteroatoms. The van der Waals surface area contributed by atoms with Crippen LogP contribution in [-0.2, 0) is 24.2 Å². The second-order valence-corrected chi connectivity index (χ2v) is 10.7. The molecule has 0 atom stereocenters. The van der Waals surface area contributed by atoms with E-state index in [1.807, 2.05) is 0 Å². The van der Waals surface area contributed by atoms with Gasteiger partial charge in [0.25, 0.3) is 0 Å². The summed E-state index contributed by atoms with van der Waals surface area (Å²) in [4.78, 5) is 0.